The van der Waals surface area contributed by atoms with E-state index >= 15 is 0 Å². The van der Waals surface area contributed by atoms with Gasteiger partial charge in [0.25, 0.3) is 0 Å². The summed E-state index contributed by atoms with van der Waals surface area (Å²) >= 11 is 0. The molecule has 0 N–H and O–H groups in total. The molecule has 0 aliphatic rings. The summed E-state index contributed by atoms with van der Waals surface area (Å²) in [7, 11) is 0. The molecular formula is C61H108O6. The van der Waals surface area contributed by atoms with Crippen molar-refractivity contribution in [3.63, 3.8) is 0 Å². The molecule has 1 atom stereocenters. The van der Waals surface area contributed by atoms with Crippen molar-refractivity contribution in [1.82, 2.24) is 0 Å². The first kappa shape index (κ1) is 64.1. The Kier molecular flexibility index (Phi) is 53.3. The van der Waals surface area contributed by atoms with Gasteiger partial charge in [-0.2, -0.15) is 0 Å². The Morgan fingerprint density at radius 3 is 0.985 bits per heavy atom. The summed E-state index contributed by atoms with van der Waals surface area (Å²) in [5, 5.41) is 0. The summed E-state index contributed by atoms with van der Waals surface area (Å²) in [5.41, 5.74) is 0. The van der Waals surface area contributed by atoms with Gasteiger partial charge in [0.2, 0.25) is 0 Å². The zero-order valence-electron chi connectivity index (χ0n) is 44.4. The SMILES string of the molecule is CC/C=C\C/C=C\C/C=C\C/C=C\CCCCCCCCCCC(=O)OCC(COC(=O)CCCCCCC/C=C\CCC)OC(=O)CCCCCCCCCCCCCCCCCCCC. The molecule has 0 saturated carbocycles. The summed E-state index contributed by atoms with van der Waals surface area (Å²) in [4.78, 5) is 38.1. The maximum absolute atomic E-state index is 12.8. The molecule has 0 aliphatic heterocycles. The summed E-state index contributed by atoms with van der Waals surface area (Å²) in [6.07, 6.45) is 69.3. The average Bonchev–Trinajstić information content (AvgIpc) is 3.33. The summed E-state index contributed by atoms with van der Waals surface area (Å²) in [6.45, 7) is 6.48. The van der Waals surface area contributed by atoms with Gasteiger partial charge in [0, 0.05) is 19.3 Å². The molecule has 0 heterocycles. The third-order valence-electron chi connectivity index (χ3n) is 12.5. The molecule has 0 aliphatic carbocycles. The van der Waals surface area contributed by atoms with Crippen LogP contribution in [0.2, 0.25) is 0 Å². The maximum atomic E-state index is 12.8. The van der Waals surface area contributed by atoms with Crippen molar-refractivity contribution in [3.8, 4) is 0 Å². The minimum atomic E-state index is -0.778. The Bertz CT molecular complexity index is 1210. The highest BCUT2D eigenvalue weighted by Crippen LogP contribution is 2.16. The lowest BCUT2D eigenvalue weighted by Gasteiger charge is -2.18. The van der Waals surface area contributed by atoms with Crippen LogP contribution in [0, 0.1) is 0 Å². The van der Waals surface area contributed by atoms with E-state index in [9.17, 15) is 14.4 Å². The van der Waals surface area contributed by atoms with Gasteiger partial charge in [0.05, 0.1) is 0 Å². The quantitative estimate of drug-likeness (QED) is 0.0262. The van der Waals surface area contributed by atoms with Crippen LogP contribution in [-0.2, 0) is 28.6 Å². The molecule has 67 heavy (non-hydrogen) atoms. The van der Waals surface area contributed by atoms with Crippen molar-refractivity contribution in [1.29, 1.82) is 0 Å². The number of esters is 3. The van der Waals surface area contributed by atoms with Crippen LogP contribution in [-0.4, -0.2) is 37.2 Å². The van der Waals surface area contributed by atoms with Crippen LogP contribution >= 0.6 is 0 Å². The second-order valence-corrected chi connectivity index (χ2v) is 19.2. The van der Waals surface area contributed by atoms with E-state index < -0.39 is 6.10 Å². The fraction of sp³-hybridized carbons (Fsp3) is 0.787. The lowest BCUT2D eigenvalue weighted by Crippen LogP contribution is -2.30. The van der Waals surface area contributed by atoms with Crippen LogP contribution in [0.3, 0.4) is 0 Å². The first-order valence-corrected chi connectivity index (χ1v) is 28.8. The predicted octanol–water partition coefficient (Wildman–Crippen LogP) is 19.2. The van der Waals surface area contributed by atoms with Gasteiger partial charge in [-0.15, -0.1) is 0 Å². The first-order valence-electron chi connectivity index (χ1n) is 28.8. The zero-order valence-corrected chi connectivity index (χ0v) is 44.4. The highest BCUT2D eigenvalue weighted by molar-refractivity contribution is 5.71. The van der Waals surface area contributed by atoms with E-state index in [1.54, 1.807) is 0 Å². The number of allylic oxidation sites excluding steroid dienone is 10. The van der Waals surface area contributed by atoms with Crippen molar-refractivity contribution in [3.05, 3.63) is 60.8 Å². The number of carbonyl (C=O) groups is 3. The topological polar surface area (TPSA) is 78.9 Å². The van der Waals surface area contributed by atoms with Crippen molar-refractivity contribution < 1.29 is 28.6 Å². The van der Waals surface area contributed by atoms with E-state index in [-0.39, 0.29) is 31.1 Å². The predicted molar refractivity (Wildman–Crippen MR) is 288 cm³/mol. The molecule has 6 heteroatoms. The monoisotopic (exact) mass is 937 g/mol. The van der Waals surface area contributed by atoms with Gasteiger partial charge >= 0.3 is 17.9 Å². The molecule has 388 valence electrons. The van der Waals surface area contributed by atoms with E-state index in [1.165, 1.54) is 148 Å². The molecule has 0 aromatic rings. The lowest BCUT2D eigenvalue weighted by molar-refractivity contribution is -0.167. The molecule has 0 spiro atoms. The molecule has 1 unspecified atom stereocenters. The Morgan fingerprint density at radius 1 is 0.313 bits per heavy atom. The summed E-state index contributed by atoms with van der Waals surface area (Å²) < 4.78 is 16.8. The Morgan fingerprint density at radius 2 is 0.612 bits per heavy atom. The van der Waals surface area contributed by atoms with E-state index in [0.29, 0.717) is 19.3 Å². The molecule has 0 aromatic heterocycles. The van der Waals surface area contributed by atoms with Gasteiger partial charge in [-0.25, -0.2) is 0 Å². The smallest absolute Gasteiger partial charge is 0.306 e. The third-order valence-corrected chi connectivity index (χ3v) is 12.5. The molecule has 0 aromatic carbocycles. The number of ether oxygens (including phenoxy) is 3. The van der Waals surface area contributed by atoms with Crippen molar-refractivity contribution in [2.24, 2.45) is 0 Å². The highest BCUT2D eigenvalue weighted by Gasteiger charge is 2.19. The second-order valence-electron chi connectivity index (χ2n) is 19.2. The molecular weight excluding hydrogens is 829 g/mol. The van der Waals surface area contributed by atoms with Crippen LogP contribution in [0.4, 0.5) is 0 Å². The van der Waals surface area contributed by atoms with E-state index in [1.807, 2.05) is 0 Å². The standard InChI is InChI=1S/C61H108O6/c1-4-7-10-13-16-19-22-24-26-28-30-31-32-34-35-37-39-42-45-48-51-54-60(63)66-57-58(56-65-59(62)53-50-47-44-41-21-18-15-12-9-6-3)67-61(64)55-52-49-46-43-40-38-36-33-29-27-25-23-20-17-14-11-8-5-2/h7,10,12,15-16,19,24,26,30-31,58H,4-6,8-9,11,13-14,17-18,20-23,25,27-29,32-57H2,1-3H3/b10-7-,15-12-,19-16-,26-24-,31-30-. The fourth-order valence-corrected chi connectivity index (χ4v) is 8.20. The number of hydrogen-bond acceptors (Lipinski definition) is 6. The number of rotatable bonds is 52. The fourth-order valence-electron chi connectivity index (χ4n) is 8.20. The van der Waals surface area contributed by atoms with Gasteiger partial charge in [-0.3, -0.25) is 14.4 Å². The van der Waals surface area contributed by atoms with Crippen molar-refractivity contribution in [2.45, 2.75) is 297 Å². The maximum Gasteiger partial charge on any atom is 0.306 e. The normalized spacial score (nSPS) is 12.5. The van der Waals surface area contributed by atoms with Crippen molar-refractivity contribution >= 4 is 17.9 Å². The van der Waals surface area contributed by atoms with Gasteiger partial charge in [0.1, 0.15) is 13.2 Å². The van der Waals surface area contributed by atoms with Gasteiger partial charge in [-0.1, -0.05) is 255 Å². The zero-order chi connectivity index (χ0) is 48.6. The molecule has 0 radical (unpaired) electrons. The molecule has 0 fully saturated rings. The lowest BCUT2D eigenvalue weighted by atomic mass is 10.0. The number of unbranched alkanes of at least 4 members (excludes halogenated alkanes) is 31. The van der Waals surface area contributed by atoms with Crippen LogP contribution in [0.15, 0.2) is 60.8 Å². The van der Waals surface area contributed by atoms with E-state index in [4.69, 9.17) is 14.2 Å². The highest BCUT2D eigenvalue weighted by atomic mass is 16.6. The van der Waals surface area contributed by atoms with Crippen LogP contribution < -0.4 is 0 Å². The van der Waals surface area contributed by atoms with E-state index in [0.717, 1.165) is 103 Å². The molecule has 0 saturated heterocycles. The summed E-state index contributed by atoms with van der Waals surface area (Å²) in [5.74, 6) is -0.885. The van der Waals surface area contributed by atoms with Crippen LogP contribution in [0.5, 0.6) is 0 Å². The van der Waals surface area contributed by atoms with Crippen LogP contribution in [0.1, 0.15) is 290 Å². The minimum Gasteiger partial charge on any atom is -0.462 e. The van der Waals surface area contributed by atoms with E-state index in [2.05, 4.69) is 81.5 Å². The van der Waals surface area contributed by atoms with Crippen molar-refractivity contribution in [2.75, 3.05) is 13.2 Å². The number of carbonyl (C=O) groups excluding carboxylic acids is 3. The summed E-state index contributed by atoms with van der Waals surface area (Å²) in [6, 6.07) is 0. The molecule has 0 rings (SSSR count). The Labute approximate surface area is 415 Å². The third kappa shape index (κ3) is 53.9. The van der Waals surface area contributed by atoms with Gasteiger partial charge < -0.3 is 14.2 Å². The number of hydrogen-bond donors (Lipinski definition) is 0. The Hall–Kier alpha value is -2.89. The minimum absolute atomic E-state index is 0.0788. The Balaban J connectivity index is 4.29. The largest absolute Gasteiger partial charge is 0.462 e. The second kappa shape index (κ2) is 55.7. The van der Waals surface area contributed by atoms with Gasteiger partial charge in [-0.05, 0) is 77.0 Å². The average molecular weight is 938 g/mol. The molecule has 0 bridgehead atoms. The molecule has 6 nitrogen and oxygen atoms in total. The van der Waals surface area contributed by atoms with Gasteiger partial charge in [0.15, 0.2) is 6.10 Å². The molecule has 0 amide bonds. The first-order chi connectivity index (χ1) is 33.0. The van der Waals surface area contributed by atoms with Crippen LogP contribution in [0.25, 0.3) is 0 Å².